The molecule has 6 nitrogen and oxygen atoms in total. The molecule has 3 aromatic carbocycles. The van der Waals surface area contributed by atoms with Gasteiger partial charge in [0.05, 0.1) is 10.6 Å². The van der Waals surface area contributed by atoms with Gasteiger partial charge in [-0.05, 0) is 55.2 Å². The first-order valence-corrected chi connectivity index (χ1v) is 12.9. The molecule has 0 radical (unpaired) electrons. The molecule has 1 fully saturated rings. The van der Waals surface area contributed by atoms with Crippen molar-refractivity contribution in [2.75, 3.05) is 30.6 Å². The summed E-state index contributed by atoms with van der Waals surface area (Å²) in [7, 11) is -3.92. The van der Waals surface area contributed by atoms with E-state index in [1.165, 1.54) is 4.31 Å². The summed E-state index contributed by atoms with van der Waals surface area (Å²) in [4.78, 5) is 13.3. The van der Waals surface area contributed by atoms with Crippen molar-refractivity contribution < 1.29 is 17.9 Å². The third-order valence-corrected chi connectivity index (χ3v) is 8.16. The predicted molar refractivity (Wildman–Crippen MR) is 133 cm³/mol. The first-order valence-electron chi connectivity index (χ1n) is 11.5. The summed E-state index contributed by atoms with van der Waals surface area (Å²) in [5, 5.41) is 3.03. The van der Waals surface area contributed by atoms with E-state index in [4.69, 9.17) is 4.74 Å². The Labute approximate surface area is 201 Å². The van der Waals surface area contributed by atoms with Gasteiger partial charge in [-0.15, -0.1) is 0 Å². The second-order valence-corrected chi connectivity index (χ2v) is 10.6. The first-order chi connectivity index (χ1) is 16.4. The molecule has 0 aliphatic carbocycles. The molecule has 0 saturated carbocycles. The van der Waals surface area contributed by atoms with Gasteiger partial charge in [-0.2, -0.15) is 0 Å². The van der Waals surface area contributed by atoms with Crippen LogP contribution >= 0.6 is 0 Å². The number of rotatable bonds is 8. The Morgan fingerprint density at radius 3 is 2.24 bits per heavy atom. The molecule has 1 aliphatic heterocycles. The molecule has 1 saturated heterocycles. The molecule has 1 heterocycles. The fourth-order valence-electron chi connectivity index (χ4n) is 4.39. The van der Waals surface area contributed by atoms with Crippen LogP contribution in [0, 0.1) is 6.92 Å². The third kappa shape index (κ3) is 5.32. The normalized spacial score (nSPS) is 15.4. The van der Waals surface area contributed by atoms with Gasteiger partial charge in [-0.3, -0.25) is 9.10 Å². The van der Waals surface area contributed by atoms with Gasteiger partial charge in [0.2, 0.25) is 5.91 Å². The number of amides is 1. The van der Waals surface area contributed by atoms with E-state index in [-0.39, 0.29) is 22.8 Å². The lowest BCUT2D eigenvalue weighted by molar-refractivity contribution is -0.120. The Balaban J connectivity index is 1.57. The summed E-state index contributed by atoms with van der Waals surface area (Å²) in [6.45, 7) is 3.27. The number of hydrogen-bond acceptors (Lipinski definition) is 4. The van der Waals surface area contributed by atoms with Gasteiger partial charge in [0.15, 0.2) is 0 Å². The standard InChI is InChI=1S/C27H30N2O4S/c1-22-9-8-12-24(19-22)29(34(31,32)25-13-6-3-7-14-25)20-26(30)28-21-27(15-17-33-18-16-27)23-10-4-2-5-11-23/h2-14,19H,15-18,20-21H2,1H3,(H,28,30). The Bertz CT molecular complexity index is 1210. The fourth-order valence-corrected chi connectivity index (χ4v) is 5.83. The molecule has 0 spiro atoms. The van der Waals surface area contributed by atoms with Crippen molar-refractivity contribution in [1.29, 1.82) is 0 Å². The van der Waals surface area contributed by atoms with Gasteiger partial charge in [0.25, 0.3) is 10.0 Å². The van der Waals surface area contributed by atoms with Gasteiger partial charge in [-0.25, -0.2) is 8.42 Å². The maximum atomic E-state index is 13.5. The minimum Gasteiger partial charge on any atom is -0.381 e. The number of hydrogen-bond donors (Lipinski definition) is 1. The number of benzene rings is 3. The van der Waals surface area contributed by atoms with E-state index in [0.717, 1.165) is 24.0 Å². The van der Waals surface area contributed by atoms with Gasteiger partial charge in [0, 0.05) is 25.2 Å². The highest BCUT2D eigenvalue weighted by Crippen LogP contribution is 2.34. The SMILES string of the molecule is Cc1cccc(N(CC(=O)NCC2(c3ccccc3)CCOCC2)S(=O)(=O)c2ccccc2)c1. The zero-order valence-corrected chi connectivity index (χ0v) is 20.1. The van der Waals surface area contributed by atoms with Crippen molar-refractivity contribution in [1.82, 2.24) is 5.32 Å². The maximum absolute atomic E-state index is 13.5. The molecule has 0 aromatic heterocycles. The molecule has 0 unspecified atom stereocenters. The number of anilines is 1. The number of sulfonamides is 1. The van der Waals surface area contributed by atoms with Gasteiger partial charge in [0.1, 0.15) is 6.54 Å². The fraction of sp³-hybridized carbons (Fsp3) is 0.296. The quantitative estimate of drug-likeness (QED) is 0.530. The highest BCUT2D eigenvalue weighted by molar-refractivity contribution is 7.92. The number of nitrogens with zero attached hydrogens (tertiary/aromatic N) is 1. The lowest BCUT2D eigenvalue weighted by Gasteiger charge is -2.38. The summed E-state index contributed by atoms with van der Waals surface area (Å²) in [6, 6.07) is 25.5. The first kappa shape index (κ1) is 24.0. The molecule has 0 atom stereocenters. The molecule has 4 rings (SSSR count). The Morgan fingerprint density at radius 1 is 0.941 bits per heavy atom. The van der Waals surface area contributed by atoms with Crippen molar-refractivity contribution in [3.8, 4) is 0 Å². The molecule has 3 aromatic rings. The monoisotopic (exact) mass is 478 g/mol. The number of aryl methyl sites for hydroxylation is 1. The van der Waals surface area contributed by atoms with Crippen molar-refractivity contribution in [3.63, 3.8) is 0 Å². The van der Waals surface area contributed by atoms with Gasteiger partial charge in [-0.1, -0.05) is 60.7 Å². The second-order valence-electron chi connectivity index (χ2n) is 8.70. The van der Waals surface area contributed by atoms with Crippen LogP contribution < -0.4 is 9.62 Å². The third-order valence-electron chi connectivity index (χ3n) is 6.37. The second kappa shape index (κ2) is 10.4. The lowest BCUT2D eigenvalue weighted by atomic mass is 9.74. The van der Waals surface area contributed by atoms with E-state index < -0.39 is 10.0 Å². The van der Waals surface area contributed by atoms with Crippen LogP contribution in [0.1, 0.15) is 24.0 Å². The van der Waals surface area contributed by atoms with Crippen molar-refractivity contribution in [2.45, 2.75) is 30.1 Å². The van der Waals surface area contributed by atoms with Gasteiger partial charge >= 0.3 is 0 Å². The van der Waals surface area contributed by atoms with Crippen LogP contribution in [0.3, 0.4) is 0 Å². The Morgan fingerprint density at radius 2 is 1.59 bits per heavy atom. The minimum atomic E-state index is -3.92. The molecular formula is C27H30N2O4S. The van der Waals surface area contributed by atoms with E-state index in [2.05, 4.69) is 17.4 Å². The number of carbonyl (C=O) groups is 1. The van der Waals surface area contributed by atoms with Crippen LogP contribution in [0.15, 0.2) is 89.8 Å². The molecule has 34 heavy (non-hydrogen) atoms. The van der Waals surface area contributed by atoms with Crippen molar-refractivity contribution >= 4 is 21.6 Å². The lowest BCUT2D eigenvalue weighted by Crippen LogP contribution is -2.48. The van der Waals surface area contributed by atoms with E-state index in [9.17, 15) is 13.2 Å². The number of ether oxygens (including phenoxy) is 1. The summed E-state index contributed by atoms with van der Waals surface area (Å²) in [5.41, 5.74) is 2.30. The predicted octanol–water partition coefficient (Wildman–Crippen LogP) is 4.05. The molecule has 178 valence electrons. The zero-order valence-electron chi connectivity index (χ0n) is 19.3. The van der Waals surface area contributed by atoms with Crippen LogP contribution in [0.5, 0.6) is 0 Å². The maximum Gasteiger partial charge on any atom is 0.264 e. The molecule has 1 N–H and O–H groups in total. The molecular weight excluding hydrogens is 448 g/mol. The number of nitrogens with one attached hydrogen (secondary N) is 1. The molecule has 0 bridgehead atoms. The highest BCUT2D eigenvalue weighted by atomic mass is 32.2. The summed E-state index contributed by atoms with van der Waals surface area (Å²) in [6.07, 6.45) is 1.59. The summed E-state index contributed by atoms with van der Waals surface area (Å²) >= 11 is 0. The van der Waals surface area contributed by atoms with Crippen molar-refractivity contribution in [2.24, 2.45) is 0 Å². The molecule has 1 amide bonds. The van der Waals surface area contributed by atoms with E-state index in [1.807, 2.05) is 31.2 Å². The Kier molecular flexibility index (Phi) is 7.34. The van der Waals surface area contributed by atoms with E-state index in [0.29, 0.717) is 25.4 Å². The van der Waals surface area contributed by atoms with Crippen LogP contribution in [0.4, 0.5) is 5.69 Å². The van der Waals surface area contributed by atoms with Crippen LogP contribution in [-0.4, -0.2) is 40.6 Å². The zero-order chi connectivity index (χ0) is 24.0. The van der Waals surface area contributed by atoms with Gasteiger partial charge < -0.3 is 10.1 Å². The van der Waals surface area contributed by atoms with Crippen molar-refractivity contribution in [3.05, 3.63) is 96.1 Å². The van der Waals surface area contributed by atoms with Crippen LogP contribution in [0.2, 0.25) is 0 Å². The van der Waals surface area contributed by atoms with E-state index >= 15 is 0 Å². The molecule has 1 aliphatic rings. The average molecular weight is 479 g/mol. The topological polar surface area (TPSA) is 75.7 Å². The highest BCUT2D eigenvalue weighted by Gasteiger charge is 2.35. The summed E-state index contributed by atoms with van der Waals surface area (Å²) < 4.78 is 33.8. The summed E-state index contributed by atoms with van der Waals surface area (Å²) in [5.74, 6) is -0.345. The van der Waals surface area contributed by atoms with Crippen LogP contribution in [0.25, 0.3) is 0 Å². The van der Waals surface area contributed by atoms with Crippen LogP contribution in [-0.2, 0) is 25.0 Å². The smallest absolute Gasteiger partial charge is 0.264 e. The van der Waals surface area contributed by atoms with E-state index in [1.54, 1.807) is 48.5 Å². The largest absolute Gasteiger partial charge is 0.381 e. The minimum absolute atomic E-state index is 0.148. The number of carbonyl (C=O) groups excluding carboxylic acids is 1. The average Bonchev–Trinajstić information content (AvgIpc) is 2.87. The molecule has 7 heteroatoms. The Hall–Kier alpha value is -3.16.